The molecule has 1 aliphatic heterocycles. The number of anilines is 1. The molecular formula is C22H29N3O6S2. The normalized spacial score (nSPS) is 14.5. The van der Waals surface area contributed by atoms with E-state index in [4.69, 9.17) is 9.47 Å². The zero-order valence-electron chi connectivity index (χ0n) is 19.2. The summed E-state index contributed by atoms with van der Waals surface area (Å²) in [5, 5.41) is 2.76. The van der Waals surface area contributed by atoms with E-state index in [2.05, 4.69) is 5.32 Å². The standard InChI is InChI=1S/C22H29N3O6S2/c1-24(2)22(27)16-13-18(30-3)19(31-4)14-17(16)23-20(26)12-15-8-9-21(32-15)33(28,29)25-10-6-5-7-11-25/h8-9,13-14H,5-7,10-12H2,1-4H3,(H,23,26). The number of piperidine rings is 1. The summed E-state index contributed by atoms with van der Waals surface area (Å²) in [6.07, 6.45) is 2.73. The van der Waals surface area contributed by atoms with Gasteiger partial charge in [0.15, 0.2) is 11.5 Å². The summed E-state index contributed by atoms with van der Waals surface area (Å²) in [7, 11) is 2.61. The van der Waals surface area contributed by atoms with Crippen LogP contribution in [0.5, 0.6) is 11.5 Å². The topological polar surface area (TPSA) is 105 Å². The molecule has 0 radical (unpaired) electrons. The van der Waals surface area contributed by atoms with E-state index >= 15 is 0 Å². The Morgan fingerprint density at radius 1 is 1.06 bits per heavy atom. The second-order valence-corrected chi connectivity index (χ2v) is 11.2. The van der Waals surface area contributed by atoms with Crippen molar-refractivity contribution in [2.75, 3.05) is 46.7 Å². The molecule has 0 aliphatic carbocycles. The third-order valence-corrected chi connectivity index (χ3v) is 8.77. The van der Waals surface area contributed by atoms with Crippen LogP contribution >= 0.6 is 11.3 Å². The zero-order chi connectivity index (χ0) is 24.2. The Morgan fingerprint density at radius 3 is 2.30 bits per heavy atom. The first kappa shape index (κ1) is 25.0. The lowest BCUT2D eigenvalue weighted by Crippen LogP contribution is -2.35. The number of carbonyl (C=O) groups excluding carboxylic acids is 2. The van der Waals surface area contributed by atoms with E-state index in [-0.39, 0.29) is 33.7 Å². The molecular weight excluding hydrogens is 466 g/mol. The number of methoxy groups -OCH3 is 2. The quantitative estimate of drug-likeness (QED) is 0.604. The van der Waals surface area contributed by atoms with Crippen molar-refractivity contribution in [1.82, 2.24) is 9.21 Å². The van der Waals surface area contributed by atoms with Crippen LogP contribution < -0.4 is 14.8 Å². The van der Waals surface area contributed by atoms with Gasteiger partial charge in [-0.3, -0.25) is 9.59 Å². The molecule has 1 aliphatic rings. The molecule has 2 amide bonds. The predicted octanol–water partition coefficient (Wildman–Crippen LogP) is 2.82. The van der Waals surface area contributed by atoms with E-state index in [0.717, 1.165) is 30.6 Å². The van der Waals surface area contributed by atoms with Gasteiger partial charge in [0, 0.05) is 38.1 Å². The molecule has 1 N–H and O–H groups in total. The SMILES string of the molecule is COc1cc(NC(=O)Cc2ccc(S(=O)(=O)N3CCCCC3)s2)c(C(=O)N(C)C)cc1OC. The van der Waals surface area contributed by atoms with Crippen molar-refractivity contribution >= 4 is 38.9 Å². The van der Waals surface area contributed by atoms with Crippen LogP contribution in [-0.4, -0.2) is 70.8 Å². The van der Waals surface area contributed by atoms with Gasteiger partial charge in [0.25, 0.3) is 15.9 Å². The van der Waals surface area contributed by atoms with Crippen molar-refractivity contribution in [2.24, 2.45) is 0 Å². The number of hydrogen-bond acceptors (Lipinski definition) is 7. The summed E-state index contributed by atoms with van der Waals surface area (Å²) in [6, 6.07) is 6.26. The first-order chi connectivity index (χ1) is 15.7. The average molecular weight is 496 g/mol. The molecule has 0 spiro atoms. The van der Waals surface area contributed by atoms with Crippen LogP contribution in [0.2, 0.25) is 0 Å². The Kier molecular flexibility index (Phi) is 7.98. The van der Waals surface area contributed by atoms with Gasteiger partial charge in [0.05, 0.1) is 31.9 Å². The van der Waals surface area contributed by atoms with Crippen molar-refractivity contribution in [2.45, 2.75) is 29.9 Å². The van der Waals surface area contributed by atoms with Crippen molar-refractivity contribution in [3.63, 3.8) is 0 Å². The van der Waals surface area contributed by atoms with Crippen molar-refractivity contribution in [3.05, 3.63) is 34.7 Å². The molecule has 0 atom stereocenters. The number of rotatable bonds is 8. The summed E-state index contributed by atoms with van der Waals surface area (Å²) in [5.74, 6) is 0.0525. The molecule has 1 saturated heterocycles. The highest BCUT2D eigenvalue weighted by molar-refractivity contribution is 7.91. The number of amides is 2. The van der Waals surface area contributed by atoms with Gasteiger partial charge in [-0.05, 0) is 31.0 Å². The van der Waals surface area contributed by atoms with Gasteiger partial charge in [-0.25, -0.2) is 8.42 Å². The van der Waals surface area contributed by atoms with Gasteiger partial charge in [-0.1, -0.05) is 6.42 Å². The van der Waals surface area contributed by atoms with Crippen LogP contribution in [0.25, 0.3) is 0 Å². The van der Waals surface area contributed by atoms with E-state index in [9.17, 15) is 18.0 Å². The van der Waals surface area contributed by atoms with Crippen LogP contribution in [0, 0.1) is 0 Å². The van der Waals surface area contributed by atoms with Crippen LogP contribution in [0.3, 0.4) is 0 Å². The van der Waals surface area contributed by atoms with Gasteiger partial charge in [0.2, 0.25) is 5.91 Å². The van der Waals surface area contributed by atoms with Gasteiger partial charge < -0.3 is 19.7 Å². The third kappa shape index (κ3) is 5.66. The predicted molar refractivity (Wildman–Crippen MR) is 127 cm³/mol. The van der Waals surface area contributed by atoms with E-state index in [1.165, 1.54) is 35.6 Å². The number of benzene rings is 1. The largest absolute Gasteiger partial charge is 0.493 e. The van der Waals surface area contributed by atoms with Crippen molar-refractivity contribution in [3.8, 4) is 11.5 Å². The second kappa shape index (κ2) is 10.5. The maximum absolute atomic E-state index is 12.9. The van der Waals surface area contributed by atoms with E-state index in [1.807, 2.05) is 0 Å². The lowest BCUT2D eigenvalue weighted by Gasteiger charge is -2.25. The Bertz CT molecular complexity index is 1120. The zero-order valence-corrected chi connectivity index (χ0v) is 20.8. The highest BCUT2D eigenvalue weighted by Gasteiger charge is 2.28. The number of sulfonamides is 1. The summed E-state index contributed by atoms with van der Waals surface area (Å²) in [4.78, 5) is 27.4. The Morgan fingerprint density at radius 2 is 1.70 bits per heavy atom. The maximum atomic E-state index is 12.9. The Hall–Kier alpha value is -2.63. The monoisotopic (exact) mass is 495 g/mol. The van der Waals surface area contributed by atoms with Crippen LogP contribution in [0.1, 0.15) is 34.5 Å². The number of carbonyl (C=O) groups is 2. The van der Waals surface area contributed by atoms with Gasteiger partial charge in [-0.2, -0.15) is 4.31 Å². The molecule has 2 heterocycles. The third-order valence-electron chi connectivity index (χ3n) is 5.32. The molecule has 9 nitrogen and oxygen atoms in total. The molecule has 0 bridgehead atoms. The van der Waals surface area contributed by atoms with Crippen molar-refractivity contribution < 1.29 is 27.5 Å². The Balaban J connectivity index is 1.79. The van der Waals surface area contributed by atoms with E-state index in [0.29, 0.717) is 29.5 Å². The van der Waals surface area contributed by atoms with Gasteiger partial charge in [0.1, 0.15) is 4.21 Å². The minimum Gasteiger partial charge on any atom is -0.493 e. The number of nitrogens with zero attached hydrogens (tertiary/aromatic N) is 2. The molecule has 0 saturated carbocycles. The number of nitrogens with one attached hydrogen (secondary N) is 1. The number of ether oxygens (including phenoxy) is 2. The highest BCUT2D eigenvalue weighted by Crippen LogP contribution is 2.34. The fraction of sp³-hybridized carbons (Fsp3) is 0.455. The maximum Gasteiger partial charge on any atom is 0.255 e. The summed E-state index contributed by atoms with van der Waals surface area (Å²) in [5.41, 5.74) is 0.541. The van der Waals surface area contributed by atoms with E-state index in [1.54, 1.807) is 26.2 Å². The lowest BCUT2D eigenvalue weighted by atomic mass is 10.1. The molecule has 180 valence electrons. The first-order valence-corrected chi connectivity index (χ1v) is 12.8. The van der Waals surface area contributed by atoms with Gasteiger partial charge in [-0.15, -0.1) is 11.3 Å². The summed E-state index contributed by atoms with van der Waals surface area (Å²) >= 11 is 1.09. The molecule has 3 rings (SSSR count). The van der Waals surface area contributed by atoms with Crippen LogP contribution in [-0.2, 0) is 21.2 Å². The summed E-state index contributed by atoms with van der Waals surface area (Å²) < 4.78 is 38.0. The first-order valence-electron chi connectivity index (χ1n) is 10.5. The highest BCUT2D eigenvalue weighted by atomic mass is 32.2. The fourth-order valence-corrected chi connectivity index (χ4v) is 6.60. The van der Waals surface area contributed by atoms with Crippen LogP contribution in [0.15, 0.2) is 28.5 Å². The molecule has 0 unspecified atom stereocenters. The van der Waals surface area contributed by atoms with Crippen LogP contribution in [0.4, 0.5) is 5.69 Å². The number of hydrogen-bond donors (Lipinski definition) is 1. The molecule has 11 heteroatoms. The van der Waals surface area contributed by atoms with Crippen molar-refractivity contribution in [1.29, 1.82) is 0 Å². The number of thiophene rings is 1. The van der Waals surface area contributed by atoms with Gasteiger partial charge >= 0.3 is 0 Å². The van der Waals surface area contributed by atoms with E-state index < -0.39 is 10.0 Å². The minimum absolute atomic E-state index is 0.0237. The smallest absolute Gasteiger partial charge is 0.255 e. The fourth-order valence-electron chi connectivity index (χ4n) is 3.58. The lowest BCUT2D eigenvalue weighted by molar-refractivity contribution is -0.115. The molecule has 2 aromatic rings. The summed E-state index contributed by atoms with van der Waals surface area (Å²) in [6.45, 7) is 1.05. The minimum atomic E-state index is -3.54. The molecule has 1 aromatic carbocycles. The molecule has 1 fully saturated rings. The average Bonchev–Trinajstić information content (AvgIpc) is 3.27. The second-order valence-electron chi connectivity index (χ2n) is 7.86. The Labute approximate surface area is 198 Å². The molecule has 33 heavy (non-hydrogen) atoms. The molecule has 1 aromatic heterocycles.